The van der Waals surface area contributed by atoms with Gasteiger partial charge in [-0.1, -0.05) is 23.8 Å². The summed E-state index contributed by atoms with van der Waals surface area (Å²) in [6, 6.07) is 7.79. The molecule has 0 radical (unpaired) electrons. The number of carbonyl (C=O) groups excluding carboxylic acids is 1. The molecular weight excluding hydrogens is 224 g/mol. The highest BCUT2D eigenvalue weighted by Crippen LogP contribution is 2.09. The maximum absolute atomic E-state index is 11.9. The second-order valence-corrected chi connectivity index (χ2v) is 4.68. The highest BCUT2D eigenvalue weighted by molar-refractivity contribution is 5.96. The molecule has 0 bridgehead atoms. The summed E-state index contributed by atoms with van der Waals surface area (Å²) in [5.74, 6) is 0.239. The molecule has 1 aromatic rings. The number of aryl methyl sites for hydroxylation is 1. The van der Waals surface area contributed by atoms with E-state index in [1.807, 2.05) is 51.5 Å². The summed E-state index contributed by atoms with van der Waals surface area (Å²) in [6.07, 6.45) is 5.39. The SMILES string of the molecule is Cc1cccc(C(=O)CCCC/C=N/N(C)C)c1. The van der Waals surface area contributed by atoms with Gasteiger partial charge in [-0.25, -0.2) is 0 Å². The molecular formula is C15H22N2O. The van der Waals surface area contributed by atoms with Crippen molar-refractivity contribution in [2.24, 2.45) is 5.10 Å². The van der Waals surface area contributed by atoms with E-state index in [2.05, 4.69) is 5.10 Å². The second kappa shape index (κ2) is 7.64. The Balaban J connectivity index is 2.26. The molecule has 0 aliphatic carbocycles. The second-order valence-electron chi connectivity index (χ2n) is 4.68. The number of hydrazone groups is 1. The van der Waals surface area contributed by atoms with Crippen molar-refractivity contribution in [1.29, 1.82) is 0 Å². The van der Waals surface area contributed by atoms with Crippen LogP contribution in [0.5, 0.6) is 0 Å². The molecule has 0 fully saturated rings. The van der Waals surface area contributed by atoms with Gasteiger partial charge in [-0.05, 0) is 32.3 Å². The van der Waals surface area contributed by atoms with E-state index in [9.17, 15) is 4.79 Å². The molecule has 1 rings (SSSR count). The van der Waals surface area contributed by atoms with Gasteiger partial charge in [0.1, 0.15) is 0 Å². The molecule has 0 heterocycles. The fourth-order valence-corrected chi connectivity index (χ4v) is 1.71. The average molecular weight is 246 g/mol. The van der Waals surface area contributed by atoms with Crippen LogP contribution in [0.4, 0.5) is 0 Å². The van der Waals surface area contributed by atoms with Gasteiger partial charge in [-0.3, -0.25) is 4.79 Å². The Labute approximate surface area is 110 Å². The Morgan fingerprint density at radius 3 is 2.78 bits per heavy atom. The Kier molecular flexibility index (Phi) is 6.12. The van der Waals surface area contributed by atoms with Gasteiger partial charge in [-0.2, -0.15) is 5.10 Å². The molecule has 0 aromatic heterocycles. The standard InChI is InChI=1S/C15H22N2O/c1-13-8-7-9-14(12-13)15(18)10-5-4-6-11-16-17(2)3/h7-9,11-12H,4-6,10H2,1-3H3/b16-11+. The molecule has 0 atom stereocenters. The maximum Gasteiger partial charge on any atom is 0.162 e. The minimum absolute atomic E-state index is 0.239. The van der Waals surface area contributed by atoms with Crippen LogP contribution in [0.15, 0.2) is 29.4 Å². The lowest BCUT2D eigenvalue weighted by Gasteiger charge is -2.03. The van der Waals surface area contributed by atoms with Gasteiger partial charge >= 0.3 is 0 Å². The fourth-order valence-electron chi connectivity index (χ4n) is 1.71. The van der Waals surface area contributed by atoms with Crippen molar-refractivity contribution in [2.75, 3.05) is 14.1 Å². The number of rotatable bonds is 7. The first-order valence-corrected chi connectivity index (χ1v) is 6.39. The number of hydrogen-bond donors (Lipinski definition) is 0. The van der Waals surface area contributed by atoms with Crippen LogP contribution >= 0.6 is 0 Å². The van der Waals surface area contributed by atoms with Crippen molar-refractivity contribution in [3.63, 3.8) is 0 Å². The number of Topliss-reactive ketones (excluding diaryl/α,β-unsaturated/α-hetero) is 1. The zero-order valence-electron chi connectivity index (χ0n) is 11.5. The summed E-state index contributed by atoms with van der Waals surface area (Å²) in [7, 11) is 3.80. The molecule has 0 saturated carbocycles. The highest BCUT2D eigenvalue weighted by Gasteiger charge is 2.04. The zero-order chi connectivity index (χ0) is 13.4. The van der Waals surface area contributed by atoms with E-state index in [1.165, 1.54) is 0 Å². The smallest absolute Gasteiger partial charge is 0.162 e. The molecule has 0 aliphatic heterocycles. The normalized spacial score (nSPS) is 10.8. The lowest BCUT2D eigenvalue weighted by Crippen LogP contribution is -2.02. The molecule has 0 aliphatic rings. The first-order chi connectivity index (χ1) is 8.59. The van der Waals surface area contributed by atoms with E-state index in [0.717, 1.165) is 30.4 Å². The van der Waals surface area contributed by atoms with Crippen molar-refractivity contribution < 1.29 is 4.79 Å². The average Bonchev–Trinajstić information content (AvgIpc) is 2.33. The van der Waals surface area contributed by atoms with Gasteiger partial charge in [0.2, 0.25) is 0 Å². The summed E-state index contributed by atoms with van der Waals surface area (Å²) >= 11 is 0. The van der Waals surface area contributed by atoms with Gasteiger partial charge in [0, 0.05) is 32.3 Å². The van der Waals surface area contributed by atoms with E-state index in [-0.39, 0.29) is 5.78 Å². The molecule has 98 valence electrons. The van der Waals surface area contributed by atoms with E-state index < -0.39 is 0 Å². The molecule has 3 heteroatoms. The van der Waals surface area contributed by atoms with Crippen LogP contribution in [-0.4, -0.2) is 31.1 Å². The molecule has 0 amide bonds. The quantitative estimate of drug-likeness (QED) is 0.320. The molecule has 0 saturated heterocycles. The van der Waals surface area contributed by atoms with Crippen LogP contribution in [0, 0.1) is 6.92 Å². The third-order valence-electron chi connectivity index (χ3n) is 2.64. The van der Waals surface area contributed by atoms with Gasteiger partial charge in [0.15, 0.2) is 5.78 Å². The summed E-state index contributed by atoms with van der Waals surface area (Å²) in [5, 5.41) is 5.91. The summed E-state index contributed by atoms with van der Waals surface area (Å²) in [5.41, 5.74) is 1.97. The predicted octanol–water partition coefficient (Wildman–Crippen LogP) is 3.29. The van der Waals surface area contributed by atoms with Gasteiger partial charge < -0.3 is 5.01 Å². The van der Waals surface area contributed by atoms with E-state index in [0.29, 0.717) is 6.42 Å². The monoisotopic (exact) mass is 246 g/mol. The topological polar surface area (TPSA) is 32.7 Å². The van der Waals surface area contributed by atoms with Crippen molar-refractivity contribution in [3.05, 3.63) is 35.4 Å². The number of ketones is 1. The predicted molar refractivity (Wildman–Crippen MR) is 76.2 cm³/mol. The van der Waals surface area contributed by atoms with Crippen LogP contribution in [0.25, 0.3) is 0 Å². The summed E-state index contributed by atoms with van der Waals surface area (Å²) < 4.78 is 0. The van der Waals surface area contributed by atoms with Crippen LogP contribution in [0.1, 0.15) is 41.6 Å². The van der Waals surface area contributed by atoms with Gasteiger partial charge in [-0.15, -0.1) is 0 Å². The van der Waals surface area contributed by atoms with Crippen molar-refractivity contribution in [2.45, 2.75) is 32.6 Å². The Morgan fingerprint density at radius 1 is 1.33 bits per heavy atom. The third-order valence-corrected chi connectivity index (χ3v) is 2.64. The maximum atomic E-state index is 11.9. The van der Waals surface area contributed by atoms with Crippen LogP contribution < -0.4 is 0 Å². The van der Waals surface area contributed by atoms with Crippen LogP contribution in [0.3, 0.4) is 0 Å². The van der Waals surface area contributed by atoms with Gasteiger partial charge in [0.25, 0.3) is 0 Å². The van der Waals surface area contributed by atoms with Crippen molar-refractivity contribution in [3.8, 4) is 0 Å². The first-order valence-electron chi connectivity index (χ1n) is 6.39. The fraction of sp³-hybridized carbons (Fsp3) is 0.467. The number of nitrogens with zero attached hydrogens (tertiary/aromatic N) is 2. The minimum Gasteiger partial charge on any atom is -0.303 e. The summed E-state index contributed by atoms with van der Waals surface area (Å²) in [4.78, 5) is 11.9. The van der Waals surface area contributed by atoms with Crippen LogP contribution in [-0.2, 0) is 0 Å². The van der Waals surface area contributed by atoms with E-state index in [1.54, 1.807) is 5.01 Å². The molecule has 1 aromatic carbocycles. The molecule has 18 heavy (non-hydrogen) atoms. The number of benzene rings is 1. The van der Waals surface area contributed by atoms with Crippen molar-refractivity contribution in [1.82, 2.24) is 5.01 Å². The molecule has 0 spiro atoms. The Hall–Kier alpha value is -1.64. The van der Waals surface area contributed by atoms with E-state index >= 15 is 0 Å². The highest BCUT2D eigenvalue weighted by atomic mass is 16.1. The van der Waals surface area contributed by atoms with E-state index in [4.69, 9.17) is 0 Å². The number of carbonyl (C=O) groups is 1. The Morgan fingerprint density at radius 2 is 2.11 bits per heavy atom. The molecule has 0 unspecified atom stereocenters. The lowest BCUT2D eigenvalue weighted by molar-refractivity contribution is 0.0979. The Bertz CT molecular complexity index is 411. The lowest BCUT2D eigenvalue weighted by atomic mass is 10.0. The number of hydrogen-bond acceptors (Lipinski definition) is 3. The van der Waals surface area contributed by atoms with Crippen molar-refractivity contribution >= 4 is 12.0 Å². The third kappa shape index (κ3) is 5.62. The minimum atomic E-state index is 0.239. The largest absolute Gasteiger partial charge is 0.303 e. The molecule has 3 nitrogen and oxygen atoms in total. The first kappa shape index (κ1) is 14.4. The summed E-state index contributed by atoms with van der Waals surface area (Å²) in [6.45, 7) is 2.01. The zero-order valence-corrected chi connectivity index (χ0v) is 11.5. The number of unbranched alkanes of at least 4 members (excludes halogenated alkanes) is 2. The van der Waals surface area contributed by atoms with Crippen LogP contribution in [0.2, 0.25) is 0 Å². The molecule has 0 N–H and O–H groups in total. The van der Waals surface area contributed by atoms with Gasteiger partial charge in [0.05, 0.1) is 0 Å².